The molecule has 2 aromatic carbocycles. The first-order valence-corrected chi connectivity index (χ1v) is 6.16. The molecule has 19 heavy (non-hydrogen) atoms. The van der Waals surface area contributed by atoms with Crippen LogP contribution in [-0.2, 0) is 0 Å². The second-order valence-corrected chi connectivity index (χ2v) is 4.30. The van der Waals surface area contributed by atoms with Crippen molar-refractivity contribution in [3.63, 3.8) is 0 Å². The van der Waals surface area contributed by atoms with Crippen molar-refractivity contribution in [1.29, 1.82) is 0 Å². The van der Waals surface area contributed by atoms with E-state index >= 15 is 0 Å². The van der Waals surface area contributed by atoms with Crippen molar-refractivity contribution in [2.45, 2.75) is 0 Å². The minimum Gasteiger partial charge on any atom is -0.497 e. The lowest BCUT2D eigenvalue weighted by atomic mass is 10.3. The average Bonchev–Trinajstić information content (AvgIpc) is 2.42. The quantitative estimate of drug-likeness (QED) is 0.592. The minimum atomic E-state index is 0.489. The van der Waals surface area contributed by atoms with Gasteiger partial charge in [-0.3, -0.25) is 0 Å². The highest BCUT2D eigenvalue weighted by atomic mass is 32.1. The fourth-order valence-electron chi connectivity index (χ4n) is 1.57. The lowest BCUT2D eigenvalue weighted by Crippen LogP contribution is -2.19. The summed E-state index contributed by atoms with van der Waals surface area (Å²) in [5.41, 5.74) is 8.16. The molecular formula is C14H15N3OS. The molecule has 5 heteroatoms. The lowest BCUT2D eigenvalue weighted by Gasteiger charge is -2.12. The van der Waals surface area contributed by atoms with E-state index in [2.05, 4.69) is 10.6 Å². The van der Waals surface area contributed by atoms with Crippen molar-refractivity contribution in [1.82, 2.24) is 0 Å². The Bertz CT molecular complexity index is 569. The van der Waals surface area contributed by atoms with Gasteiger partial charge in [-0.25, -0.2) is 0 Å². The Morgan fingerprint density at radius 3 is 2.37 bits per heavy atom. The molecule has 4 N–H and O–H groups in total. The average molecular weight is 273 g/mol. The number of nitrogen functional groups attached to an aromatic ring is 1. The molecule has 2 rings (SSSR count). The van der Waals surface area contributed by atoms with Gasteiger partial charge in [0.1, 0.15) is 5.75 Å². The SMILES string of the molecule is COc1ccc(NC(=S)Nc2ccccc2N)cc1. The molecule has 98 valence electrons. The van der Waals surface area contributed by atoms with Crippen LogP contribution in [0.3, 0.4) is 0 Å². The van der Waals surface area contributed by atoms with Crippen LogP contribution in [0.15, 0.2) is 48.5 Å². The maximum Gasteiger partial charge on any atom is 0.175 e. The second kappa shape index (κ2) is 6.06. The van der Waals surface area contributed by atoms with E-state index in [4.69, 9.17) is 22.7 Å². The molecule has 0 aliphatic rings. The van der Waals surface area contributed by atoms with E-state index in [-0.39, 0.29) is 0 Å². The van der Waals surface area contributed by atoms with Crippen LogP contribution in [0.25, 0.3) is 0 Å². The topological polar surface area (TPSA) is 59.3 Å². The highest BCUT2D eigenvalue weighted by molar-refractivity contribution is 7.80. The van der Waals surface area contributed by atoms with Gasteiger partial charge in [0.15, 0.2) is 5.11 Å². The summed E-state index contributed by atoms with van der Waals surface area (Å²) in [5.74, 6) is 0.803. The van der Waals surface area contributed by atoms with Crippen LogP contribution >= 0.6 is 12.2 Å². The van der Waals surface area contributed by atoms with Gasteiger partial charge < -0.3 is 21.1 Å². The summed E-state index contributed by atoms with van der Waals surface area (Å²) >= 11 is 5.23. The third-order valence-electron chi connectivity index (χ3n) is 2.56. The molecule has 2 aromatic rings. The van der Waals surface area contributed by atoms with E-state index in [1.54, 1.807) is 7.11 Å². The Labute approximate surface area is 117 Å². The predicted octanol–water partition coefficient (Wildman–Crippen LogP) is 3.09. The Morgan fingerprint density at radius 1 is 1.05 bits per heavy atom. The number of methoxy groups -OCH3 is 1. The number of para-hydroxylation sites is 2. The fourth-order valence-corrected chi connectivity index (χ4v) is 1.80. The minimum absolute atomic E-state index is 0.489. The zero-order chi connectivity index (χ0) is 13.7. The summed E-state index contributed by atoms with van der Waals surface area (Å²) in [5, 5.41) is 6.62. The molecule has 0 fully saturated rings. The van der Waals surface area contributed by atoms with Crippen LogP contribution in [0.2, 0.25) is 0 Å². The summed E-state index contributed by atoms with van der Waals surface area (Å²) in [4.78, 5) is 0. The molecule has 0 aliphatic heterocycles. The van der Waals surface area contributed by atoms with E-state index < -0.39 is 0 Å². The summed E-state index contributed by atoms with van der Waals surface area (Å²) in [7, 11) is 1.63. The summed E-state index contributed by atoms with van der Waals surface area (Å²) < 4.78 is 5.09. The third-order valence-corrected chi connectivity index (χ3v) is 2.76. The zero-order valence-corrected chi connectivity index (χ0v) is 11.3. The van der Waals surface area contributed by atoms with Crippen molar-refractivity contribution in [3.8, 4) is 5.75 Å². The number of nitrogens with one attached hydrogen (secondary N) is 2. The predicted molar refractivity (Wildman–Crippen MR) is 83.7 cm³/mol. The fraction of sp³-hybridized carbons (Fsp3) is 0.0714. The van der Waals surface area contributed by atoms with Crippen molar-refractivity contribution >= 4 is 34.4 Å². The molecule has 0 atom stereocenters. The van der Waals surface area contributed by atoms with Gasteiger partial charge in [-0.2, -0.15) is 0 Å². The highest BCUT2D eigenvalue weighted by Gasteiger charge is 2.01. The largest absolute Gasteiger partial charge is 0.497 e. The van der Waals surface area contributed by atoms with Crippen LogP contribution in [0.1, 0.15) is 0 Å². The number of benzene rings is 2. The van der Waals surface area contributed by atoms with Crippen molar-refractivity contribution < 1.29 is 4.74 Å². The molecule has 0 saturated carbocycles. The molecule has 0 saturated heterocycles. The second-order valence-electron chi connectivity index (χ2n) is 3.89. The molecule has 0 aliphatic carbocycles. The van der Waals surface area contributed by atoms with Gasteiger partial charge in [-0.1, -0.05) is 12.1 Å². The molecule has 0 aromatic heterocycles. The number of hydrogen-bond acceptors (Lipinski definition) is 3. The zero-order valence-electron chi connectivity index (χ0n) is 10.5. The number of nitrogens with two attached hydrogens (primary N) is 1. The Morgan fingerprint density at radius 2 is 1.74 bits per heavy atom. The van der Waals surface area contributed by atoms with Gasteiger partial charge in [0.2, 0.25) is 0 Å². The van der Waals surface area contributed by atoms with Crippen LogP contribution in [-0.4, -0.2) is 12.2 Å². The van der Waals surface area contributed by atoms with Crippen LogP contribution in [0, 0.1) is 0 Å². The van der Waals surface area contributed by atoms with Gasteiger partial charge in [0.25, 0.3) is 0 Å². The molecule has 0 amide bonds. The van der Waals surface area contributed by atoms with Crippen LogP contribution in [0.4, 0.5) is 17.1 Å². The Kier molecular flexibility index (Phi) is 4.20. The first-order chi connectivity index (χ1) is 9.19. The Balaban J connectivity index is 1.99. The van der Waals surface area contributed by atoms with E-state index in [0.717, 1.165) is 17.1 Å². The van der Waals surface area contributed by atoms with Crippen molar-refractivity contribution in [3.05, 3.63) is 48.5 Å². The molecule has 0 radical (unpaired) electrons. The van der Waals surface area contributed by atoms with E-state index in [1.807, 2.05) is 48.5 Å². The summed E-state index contributed by atoms with van der Waals surface area (Å²) in [6, 6.07) is 15.0. The molecule has 0 spiro atoms. The lowest BCUT2D eigenvalue weighted by molar-refractivity contribution is 0.415. The molecule has 4 nitrogen and oxygen atoms in total. The van der Waals surface area contributed by atoms with E-state index in [1.165, 1.54) is 0 Å². The molecule has 0 bridgehead atoms. The summed E-state index contributed by atoms with van der Waals surface area (Å²) in [6.07, 6.45) is 0. The van der Waals surface area contributed by atoms with Crippen molar-refractivity contribution in [2.75, 3.05) is 23.5 Å². The maximum absolute atomic E-state index is 5.83. The molecule has 0 unspecified atom stereocenters. The first-order valence-electron chi connectivity index (χ1n) is 5.75. The smallest absolute Gasteiger partial charge is 0.175 e. The molecule has 0 heterocycles. The van der Waals surface area contributed by atoms with Gasteiger partial charge in [0.05, 0.1) is 18.5 Å². The number of hydrogen-bond donors (Lipinski definition) is 3. The molecular weight excluding hydrogens is 258 g/mol. The Hall–Kier alpha value is -2.27. The van der Waals surface area contributed by atoms with Gasteiger partial charge in [-0.05, 0) is 48.6 Å². The first kappa shape index (κ1) is 13.2. The monoisotopic (exact) mass is 273 g/mol. The third kappa shape index (κ3) is 3.59. The highest BCUT2D eigenvalue weighted by Crippen LogP contribution is 2.18. The number of rotatable bonds is 3. The van der Waals surface area contributed by atoms with Crippen molar-refractivity contribution in [2.24, 2.45) is 0 Å². The van der Waals surface area contributed by atoms with Gasteiger partial charge in [-0.15, -0.1) is 0 Å². The number of anilines is 3. The number of ether oxygens (including phenoxy) is 1. The van der Waals surface area contributed by atoms with Gasteiger partial charge in [0, 0.05) is 5.69 Å². The maximum atomic E-state index is 5.83. The van der Waals surface area contributed by atoms with Crippen LogP contribution < -0.4 is 21.1 Å². The number of thiocarbonyl (C=S) groups is 1. The van der Waals surface area contributed by atoms with E-state index in [0.29, 0.717) is 10.8 Å². The van der Waals surface area contributed by atoms with E-state index in [9.17, 15) is 0 Å². The normalized spacial score (nSPS) is 9.74. The van der Waals surface area contributed by atoms with Crippen LogP contribution in [0.5, 0.6) is 5.75 Å². The standard InChI is InChI=1S/C14H15N3OS/c1-18-11-8-6-10(7-9-11)16-14(19)17-13-5-3-2-4-12(13)15/h2-9H,15H2,1H3,(H2,16,17,19). The van der Waals surface area contributed by atoms with Gasteiger partial charge >= 0.3 is 0 Å². The summed E-state index contributed by atoms with van der Waals surface area (Å²) in [6.45, 7) is 0.